The molecule has 1 aromatic heterocycles. The maximum absolute atomic E-state index is 8.83. The molecule has 0 amide bonds. The first-order chi connectivity index (χ1) is 8.83. The molecule has 0 unspecified atom stereocenters. The Morgan fingerprint density at radius 3 is 2.67 bits per heavy atom. The molecule has 0 saturated carbocycles. The molecule has 0 radical (unpaired) electrons. The van der Waals surface area contributed by atoms with Gasteiger partial charge in [0.1, 0.15) is 0 Å². The van der Waals surface area contributed by atoms with E-state index in [-0.39, 0.29) is 6.61 Å². The highest BCUT2D eigenvalue weighted by Gasteiger charge is 2.16. The number of nitrogens with two attached hydrogens (primary N) is 1. The molecule has 1 aliphatic heterocycles. The number of aromatic nitrogens is 3. The van der Waals surface area contributed by atoms with E-state index >= 15 is 0 Å². The quantitative estimate of drug-likeness (QED) is 0.397. The third kappa shape index (κ3) is 3.44. The molecule has 4 N–H and O–H groups in total. The standard InChI is InChI=1S/C10H18N6OS/c11-15-8-12-9(16-4-2-1-3-5-16)14-10(13-8)18-7-6-17/h17H,1-7,11H2,(H,12,13,14,15). The highest BCUT2D eigenvalue weighted by atomic mass is 32.2. The fourth-order valence-electron chi connectivity index (χ4n) is 1.85. The number of hydrazine groups is 1. The fourth-order valence-corrected chi connectivity index (χ4v) is 2.42. The van der Waals surface area contributed by atoms with Gasteiger partial charge in [0, 0.05) is 18.8 Å². The second-order valence-corrected chi connectivity index (χ2v) is 5.07. The van der Waals surface area contributed by atoms with Crippen molar-refractivity contribution in [3.8, 4) is 0 Å². The number of nitrogens with zero attached hydrogens (tertiary/aromatic N) is 4. The monoisotopic (exact) mass is 270 g/mol. The van der Waals surface area contributed by atoms with Crippen LogP contribution in [0.1, 0.15) is 19.3 Å². The van der Waals surface area contributed by atoms with Gasteiger partial charge >= 0.3 is 0 Å². The summed E-state index contributed by atoms with van der Waals surface area (Å²) in [5.41, 5.74) is 2.46. The SMILES string of the molecule is NNc1nc(SCCO)nc(N2CCCCC2)n1. The number of rotatable bonds is 5. The summed E-state index contributed by atoms with van der Waals surface area (Å²) in [5, 5.41) is 9.42. The fraction of sp³-hybridized carbons (Fsp3) is 0.700. The van der Waals surface area contributed by atoms with Gasteiger partial charge in [-0.15, -0.1) is 0 Å². The van der Waals surface area contributed by atoms with Gasteiger partial charge in [0.2, 0.25) is 11.9 Å². The first-order valence-electron chi connectivity index (χ1n) is 6.05. The van der Waals surface area contributed by atoms with Gasteiger partial charge < -0.3 is 10.0 Å². The van der Waals surface area contributed by atoms with Crippen molar-refractivity contribution in [2.75, 3.05) is 35.8 Å². The molecule has 100 valence electrons. The van der Waals surface area contributed by atoms with Crippen molar-refractivity contribution in [1.82, 2.24) is 15.0 Å². The second-order valence-electron chi connectivity index (χ2n) is 4.01. The smallest absolute Gasteiger partial charge is 0.242 e. The van der Waals surface area contributed by atoms with Gasteiger partial charge in [0.05, 0.1) is 6.61 Å². The third-order valence-corrected chi connectivity index (χ3v) is 3.52. The summed E-state index contributed by atoms with van der Waals surface area (Å²) in [6.07, 6.45) is 3.59. The van der Waals surface area contributed by atoms with Crippen LogP contribution in [0.4, 0.5) is 11.9 Å². The Labute approximate surface area is 110 Å². The summed E-state index contributed by atoms with van der Waals surface area (Å²) >= 11 is 1.39. The van der Waals surface area contributed by atoms with Crippen LogP contribution >= 0.6 is 11.8 Å². The summed E-state index contributed by atoms with van der Waals surface area (Å²) < 4.78 is 0. The highest BCUT2D eigenvalue weighted by molar-refractivity contribution is 7.99. The van der Waals surface area contributed by atoms with Crippen molar-refractivity contribution >= 4 is 23.7 Å². The zero-order valence-electron chi connectivity index (χ0n) is 10.2. The largest absolute Gasteiger partial charge is 0.396 e. The Bertz CT molecular complexity index is 385. The summed E-state index contributed by atoms with van der Waals surface area (Å²) in [4.78, 5) is 15.0. The van der Waals surface area contributed by atoms with E-state index in [1.165, 1.54) is 18.2 Å². The van der Waals surface area contributed by atoms with E-state index in [4.69, 9.17) is 10.9 Å². The minimum absolute atomic E-state index is 0.0980. The number of aliphatic hydroxyl groups excluding tert-OH is 1. The van der Waals surface area contributed by atoms with Crippen molar-refractivity contribution in [2.45, 2.75) is 24.4 Å². The topological polar surface area (TPSA) is 100 Å². The van der Waals surface area contributed by atoms with Crippen molar-refractivity contribution in [3.63, 3.8) is 0 Å². The molecule has 1 aliphatic rings. The van der Waals surface area contributed by atoms with E-state index in [0.717, 1.165) is 25.9 Å². The number of thioether (sulfide) groups is 1. The molecule has 8 heteroatoms. The van der Waals surface area contributed by atoms with Crippen molar-refractivity contribution in [1.29, 1.82) is 0 Å². The third-order valence-electron chi connectivity index (χ3n) is 2.69. The minimum atomic E-state index is 0.0980. The molecule has 1 fully saturated rings. The zero-order chi connectivity index (χ0) is 12.8. The summed E-state index contributed by atoms with van der Waals surface area (Å²) in [5.74, 6) is 6.96. The Kier molecular flexibility index (Phi) is 4.97. The van der Waals surface area contributed by atoms with Crippen molar-refractivity contribution in [2.24, 2.45) is 5.84 Å². The average Bonchev–Trinajstić information content (AvgIpc) is 2.45. The molecular weight excluding hydrogens is 252 g/mol. The van der Waals surface area contributed by atoms with Gasteiger partial charge in [-0.05, 0) is 19.3 Å². The highest BCUT2D eigenvalue weighted by Crippen LogP contribution is 2.20. The second kappa shape index (κ2) is 6.72. The van der Waals surface area contributed by atoms with Crippen LogP contribution in [0.2, 0.25) is 0 Å². The normalized spacial score (nSPS) is 15.8. The maximum Gasteiger partial charge on any atom is 0.242 e. The predicted molar refractivity (Wildman–Crippen MR) is 71.5 cm³/mol. The van der Waals surface area contributed by atoms with Crippen LogP contribution in [-0.4, -0.2) is 45.5 Å². The Morgan fingerprint density at radius 2 is 2.00 bits per heavy atom. The van der Waals surface area contributed by atoms with Crippen LogP contribution in [0, 0.1) is 0 Å². The number of piperidine rings is 1. The Balaban J connectivity index is 2.16. The zero-order valence-corrected chi connectivity index (χ0v) is 11.0. The first kappa shape index (κ1) is 13.3. The van der Waals surface area contributed by atoms with Gasteiger partial charge in [-0.2, -0.15) is 15.0 Å². The molecule has 1 aromatic rings. The molecule has 0 atom stereocenters. The van der Waals surface area contributed by atoms with Gasteiger partial charge in [0.15, 0.2) is 5.16 Å². The predicted octanol–water partition coefficient (Wildman–Crippen LogP) is 0.232. The van der Waals surface area contributed by atoms with Gasteiger partial charge in [0.25, 0.3) is 0 Å². The number of hydrogen-bond donors (Lipinski definition) is 3. The van der Waals surface area contributed by atoms with Crippen LogP contribution in [0.3, 0.4) is 0 Å². The van der Waals surface area contributed by atoms with Crippen LogP contribution in [-0.2, 0) is 0 Å². The molecule has 2 heterocycles. The number of hydrogen-bond acceptors (Lipinski definition) is 8. The minimum Gasteiger partial charge on any atom is -0.396 e. The molecule has 0 bridgehead atoms. The summed E-state index contributed by atoms with van der Waals surface area (Å²) in [6.45, 7) is 2.04. The van der Waals surface area contributed by atoms with Gasteiger partial charge in [-0.3, -0.25) is 5.43 Å². The molecule has 18 heavy (non-hydrogen) atoms. The molecule has 0 spiro atoms. The lowest BCUT2D eigenvalue weighted by Crippen LogP contribution is -2.31. The van der Waals surface area contributed by atoms with Crippen LogP contribution in [0.15, 0.2) is 5.16 Å². The van der Waals surface area contributed by atoms with Crippen molar-refractivity contribution < 1.29 is 5.11 Å². The van der Waals surface area contributed by atoms with Gasteiger partial charge in [-0.1, -0.05) is 11.8 Å². The first-order valence-corrected chi connectivity index (χ1v) is 7.03. The Hall–Kier alpha value is -1.12. The lowest BCUT2D eigenvalue weighted by atomic mass is 10.1. The maximum atomic E-state index is 8.83. The molecular formula is C10H18N6OS. The summed E-state index contributed by atoms with van der Waals surface area (Å²) in [7, 11) is 0. The number of anilines is 2. The number of nitrogens with one attached hydrogen (secondary N) is 1. The van der Waals surface area contributed by atoms with E-state index in [1.807, 2.05) is 0 Å². The Morgan fingerprint density at radius 1 is 1.22 bits per heavy atom. The lowest BCUT2D eigenvalue weighted by molar-refractivity contribution is 0.322. The van der Waals surface area contributed by atoms with Crippen LogP contribution in [0.5, 0.6) is 0 Å². The number of aliphatic hydroxyl groups is 1. The molecule has 1 saturated heterocycles. The number of nitrogen functional groups attached to an aromatic ring is 1. The molecule has 0 aromatic carbocycles. The van der Waals surface area contributed by atoms with Crippen molar-refractivity contribution in [3.05, 3.63) is 0 Å². The van der Waals surface area contributed by atoms with E-state index in [2.05, 4.69) is 25.3 Å². The lowest BCUT2D eigenvalue weighted by Gasteiger charge is -2.26. The molecule has 0 aliphatic carbocycles. The average molecular weight is 270 g/mol. The molecule has 2 rings (SSSR count). The summed E-state index contributed by atoms with van der Waals surface area (Å²) in [6, 6.07) is 0. The van der Waals surface area contributed by atoms with Crippen LogP contribution < -0.4 is 16.2 Å². The van der Waals surface area contributed by atoms with E-state index in [0.29, 0.717) is 22.8 Å². The van der Waals surface area contributed by atoms with E-state index in [1.54, 1.807) is 0 Å². The molecule has 7 nitrogen and oxygen atoms in total. The van der Waals surface area contributed by atoms with E-state index in [9.17, 15) is 0 Å². The van der Waals surface area contributed by atoms with E-state index < -0.39 is 0 Å². The van der Waals surface area contributed by atoms with Crippen LogP contribution in [0.25, 0.3) is 0 Å². The van der Waals surface area contributed by atoms with Gasteiger partial charge in [-0.25, -0.2) is 5.84 Å².